The van der Waals surface area contributed by atoms with Crippen molar-refractivity contribution >= 4 is 25.6 Å². The van der Waals surface area contributed by atoms with Crippen molar-refractivity contribution in [2.75, 3.05) is 0 Å². The molecule has 1 atom stereocenters. The Kier molecular flexibility index (Phi) is 5.13. The highest BCUT2D eigenvalue weighted by atomic mass is 32.3. The van der Waals surface area contributed by atoms with E-state index in [9.17, 15) is 8.42 Å². The summed E-state index contributed by atoms with van der Waals surface area (Å²) >= 11 is 0. The minimum Gasteiger partial charge on any atom is -0.206 e. The van der Waals surface area contributed by atoms with Crippen LogP contribution in [0.2, 0.25) is 0 Å². The van der Waals surface area contributed by atoms with Crippen LogP contribution in [0.4, 0.5) is 0 Å². The largest absolute Gasteiger partial charge is 0.249 e. The summed E-state index contributed by atoms with van der Waals surface area (Å²) in [6.07, 6.45) is 0. The fraction of sp³-hybridized carbons (Fsp3) is 0.462. The molecular formula is C13H21NO2S2. The Labute approximate surface area is 113 Å². The van der Waals surface area contributed by atoms with Gasteiger partial charge in [0.05, 0.1) is 4.90 Å². The van der Waals surface area contributed by atoms with Gasteiger partial charge in [0.15, 0.2) is 0 Å². The molecule has 0 saturated heterocycles. The van der Waals surface area contributed by atoms with Crippen molar-refractivity contribution in [3.05, 3.63) is 29.8 Å². The van der Waals surface area contributed by atoms with Gasteiger partial charge in [-0.05, 0) is 37.8 Å². The zero-order chi connectivity index (χ0) is 13.9. The van der Waals surface area contributed by atoms with Crippen LogP contribution in [0.3, 0.4) is 0 Å². The van der Waals surface area contributed by atoms with Gasteiger partial charge in [-0.3, -0.25) is 0 Å². The molecule has 5 heteroatoms. The van der Waals surface area contributed by atoms with Gasteiger partial charge in [-0.15, -0.1) is 10.7 Å². The van der Waals surface area contributed by atoms with Gasteiger partial charge in [-0.2, -0.15) is 4.13 Å². The zero-order valence-electron chi connectivity index (χ0n) is 11.5. The van der Waals surface area contributed by atoms with Gasteiger partial charge in [0.25, 0.3) is 0 Å². The van der Waals surface area contributed by atoms with Crippen molar-refractivity contribution in [1.82, 2.24) is 4.13 Å². The van der Waals surface area contributed by atoms with Crippen LogP contribution in [0.25, 0.3) is 0 Å². The van der Waals surface area contributed by atoms with Gasteiger partial charge in [-0.1, -0.05) is 31.5 Å². The highest BCUT2D eigenvalue weighted by molar-refractivity contribution is 8.21. The first-order chi connectivity index (χ1) is 8.24. The van der Waals surface area contributed by atoms with E-state index in [1.165, 1.54) is 0 Å². The predicted octanol–water partition coefficient (Wildman–Crippen LogP) is 3.08. The smallest absolute Gasteiger partial charge is 0.206 e. The molecule has 1 N–H and O–H groups in total. The van der Waals surface area contributed by atoms with E-state index in [1.54, 1.807) is 12.1 Å². The van der Waals surface area contributed by atoms with Crippen LogP contribution in [0.15, 0.2) is 29.2 Å². The molecule has 0 radical (unpaired) electrons. The first-order valence-electron chi connectivity index (χ1n) is 5.86. The van der Waals surface area contributed by atoms with E-state index in [0.717, 1.165) is 10.4 Å². The zero-order valence-corrected chi connectivity index (χ0v) is 13.2. The van der Waals surface area contributed by atoms with Crippen LogP contribution in [0.1, 0.15) is 33.3 Å². The molecule has 0 fully saturated rings. The van der Waals surface area contributed by atoms with E-state index >= 15 is 0 Å². The first kappa shape index (κ1) is 15.4. The molecule has 0 spiro atoms. The Bertz CT molecular complexity index is 539. The fourth-order valence-corrected chi connectivity index (χ4v) is 5.74. The molecule has 102 valence electrons. The lowest BCUT2D eigenvalue weighted by molar-refractivity contribution is 0.594. The monoisotopic (exact) mass is 287 g/mol. The number of benzene rings is 1. The Morgan fingerprint density at radius 1 is 1.17 bits per heavy atom. The van der Waals surface area contributed by atoms with E-state index in [0.29, 0.717) is 4.90 Å². The lowest BCUT2D eigenvalue weighted by Crippen LogP contribution is -2.23. The summed E-state index contributed by atoms with van der Waals surface area (Å²) in [6, 6.07) is 6.91. The Morgan fingerprint density at radius 2 is 1.67 bits per heavy atom. The number of hydrogen-bond donors (Lipinski definition) is 1. The fourth-order valence-electron chi connectivity index (χ4n) is 1.53. The molecule has 1 rings (SSSR count). The van der Waals surface area contributed by atoms with Gasteiger partial charge in [0, 0.05) is 5.25 Å². The molecular weight excluding hydrogens is 266 g/mol. The molecule has 1 unspecified atom stereocenters. The van der Waals surface area contributed by atoms with Crippen molar-refractivity contribution < 1.29 is 8.42 Å². The van der Waals surface area contributed by atoms with E-state index in [2.05, 4.69) is 4.13 Å². The average molecular weight is 287 g/mol. The molecule has 3 nitrogen and oxygen atoms in total. The molecule has 0 aliphatic rings. The molecule has 0 aliphatic carbocycles. The molecule has 1 aromatic carbocycles. The lowest BCUT2D eigenvalue weighted by atomic mass is 10.2. The van der Waals surface area contributed by atoms with Crippen molar-refractivity contribution in [2.24, 2.45) is 0 Å². The minimum absolute atomic E-state index is 0.259. The van der Waals surface area contributed by atoms with E-state index in [-0.39, 0.29) is 5.25 Å². The lowest BCUT2D eigenvalue weighted by Gasteiger charge is -2.17. The topological polar surface area (TPSA) is 46.2 Å². The second kappa shape index (κ2) is 5.99. The second-order valence-electron chi connectivity index (χ2n) is 4.69. The van der Waals surface area contributed by atoms with Crippen LogP contribution < -0.4 is 4.13 Å². The molecule has 1 aromatic rings. The highest BCUT2D eigenvalue weighted by Crippen LogP contribution is 2.22. The normalized spacial score (nSPS) is 13.7. The summed E-state index contributed by atoms with van der Waals surface area (Å²) in [7, 11) is -3.85. The summed E-state index contributed by atoms with van der Waals surface area (Å²) in [5.74, 6) is 0. The maximum Gasteiger partial charge on any atom is 0.249 e. The summed E-state index contributed by atoms with van der Waals surface area (Å²) < 4.78 is 27.3. The Hall–Kier alpha value is -0.650. The molecule has 0 bridgehead atoms. The molecule has 0 saturated carbocycles. The second-order valence-corrected chi connectivity index (χ2v) is 9.27. The number of hydrogen-bond acceptors (Lipinski definition) is 2. The van der Waals surface area contributed by atoms with Gasteiger partial charge in [0.1, 0.15) is 0 Å². The van der Waals surface area contributed by atoms with Crippen molar-refractivity contribution in [2.45, 2.75) is 44.8 Å². The SMILES string of the molecule is CC(C)=S(NS(=O)(=O)c1ccc(C)cc1)C(C)C. The van der Waals surface area contributed by atoms with Crippen LogP contribution in [-0.2, 0) is 10.0 Å². The van der Waals surface area contributed by atoms with Crippen LogP contribution in [0.5, 0.6) is 0 Å². The third-order valence-corrected chi connectivity index (χ3v) is 6.75. The van der Waals surface area contributed by atoms with Crippen LogP contribution >= 0.6 is 10.7 Å². The summed E-state index contributed by atoms with van der Waals surface area (Å²) in [5, 5.41) is 0.259. The van der Waals surface area contributed by atoms with Crippen LogP contribution in [0, 0.1) is 6.92 Å². The van der Waals surface area contributed by atoms with Crippen LogP contribution in [-0.4, -0.2) is 18.5 Å². The van der Waals surface area contributed by atoms with E-state index in [4.69, 9.17) is 0 Å². The molecule has 0 aliphatic heterocycles. The van der Waals surface area contributed by atoms with Gasteiger partial charge >= 0.3 is 0 Å². The van der Waals surface area contributed by atoms with Crippen molar-refractivity contribution in [3.63, 3.8) is 0 Å². The molecule has 0 amide bonds. The van der Waals surface area contributed by atoms with Crippen molar-refractivity contribution in [3.8, 4) is 0 Å². The number of aryl methyl sites for hydroxylation is 1. The third-order valence-electron chi connectivity index (χ3n) is 2.44. The number of sulfonamides is 1. The standard InChI is InChI=1S/C13H21NO2S2/c1-10(2)17(11(3)4)14-18(15,16)13-8-6-12(5)7-9-13/h6-10,14H,1-5H3. The maximum atomic E-state index is 12.2. The first-order valence-corrected chi connectivity index (χ1v) is 8.63. The Morgan fingerprint density at radius 3 is 2.06 bits per heavy atom. The predicted molar refractivity (Wildman–Crippen MR) is 80.6 cm³/mol. The summed E-state index contributed by atoms with van der Waals surface area (Å²) in [5.41, 5.74) is 1.05. The Balaban J connectivity index is 3.09. The summed E-state index contributed by atoms with van der Waals surface area (Å²) in [4.78, 5) is 1.42. The van der Waals surface area contributed by atoms with Gasteiger partial charge < -0.3 is 0 Å². The number of rotatable bonds is 4. The van der Waals surface area contributed by atoms with E-state index < -0.39 is 20.7 Å². The molecule has 0 heterocycles. The third kappa shape index (κ3) is 3.93. The van der Waals surface area contributed by atoms with Gasteiger partial charge in [0.2, 0.25) is 10.0 Å². The minimum atomic E-state index is -3.42. The highest BCUT2D eigenvalue weighted by Gasteiger charge is 2.17. The average Bonchev–Trinajstić information content (AvgIpc) is 2.26. The quantitative estimate of drug-likeness (QED) is 0.865. The van der Waals surface area contributed by atoms with Crippen molar-refractivity contribution in [1.29, 1.82) is 0 Å². The number of nitrogens with one attached hydrogen (secondary N) is 1. The maximum absolute atomic E-state index is 12.2. The van der Waals surface area contributed by atoms with E-state index in [1.807, 2.05) is 46.8 Å². The molecule has 18 heavy (non-hydrogen) atoms. The summed E-state index contributed by atoms with van der Waals surface area (Å²) in [6.45, 7) is 9.90. The molecule has 0 aromatic heterocycles. The van der Waals surface area contributed by atoms with Gasteiger partial charge in [-0.25, -0.2) is 8.42 Å².